The predicted molar refractivity (Wildman–Crippen MR) is 70.6 cm³/mol. The highest BCUT2D eigenvalue weighted by Gasteiger charge is 2.23. The number of nitrogens with zero attached hydrogens (tertiary/aromatic N) is 3. The first kappa shape index (κ1) is 13.3. The van der Waals surface area contributed by atoms with Crippen LogP contribution in [0.15, 0.2) is 12.3 Å². The Morgan fingerprint density at radius 2 is 2.42 bits per heavy atom. The van der Waals surface area contributed by atoms with E-state index in [1.165, 1.54) is 31.5 Å². The van der Waals surface area contributed by atoms with Crippen LogP contribution in [0.3, 0.4) is 0 Å². The van der Waals surface area contributed by atoms with E-state index in [0.717, 1.165) is 6.54 Å². The van der Waals surface area contributed by atoms with Gasteiger partial charge in [-0.2, -0.15) is 5.26 Å². The van der Waals surface area contributed by atoms with Gasteiger partial charge >= 0.3 is 0 Å². The van der Waals surface area contributed by atoms with Gasteiger partial charge in [0.15, 0.2) is 0 Å². The molecule has 0 bridgehead atoms. The van der Waals surface area contributed by atoms with Crippen LogP contribution in [0.5, 0.6) is 0 Å². The Morgan fingerprint density at radius 1 is 1.63 bits per heavy atom. The molecule has 100 valence electrons. The fourth-order valence-corrected chi connectivity index (χ4v) is 2.53. The monoisotopic (exact) mass is 260 g/mol. The molecule has 1 aliphatic rings. The lowest BCUT2D eigenvalue weighted by atomic mass is 9.98. The lowest BCUT2D eigenvalue weighted by molar-refractivity contribution is -0.385. The average Bonchev–Trinajstić information content (AvgIpc) is 2.81. The van der Waals surface area contributed by atoms with Crippen molar-refractivity contribution in [2.75, 3.05) is 11.9 Å². The van der Waals surface area contributed by atoms with Crippen LogP contribution < -0.4 is 5.32 Å². The van der Waals surface area contributed by atoms with Gasteiger partial charge in [-0.05, 0) is 18.3 Å². The van der Waals surface area contributed by atoms with Gasteiger partial charge in [0.05, 0.1) is 4.92 Å². The Hall–Kier alpha value is -2.16. The molecule has 6 heteroatoms. The fourth-order valence-electron chi connectivity index (χ4n) is 2.53. The summed E-state index contributed by atoms with van der Waals surface area (Å²) in [7, 11) is 0. The minimum absolute atomic E-state index is 0.156. The van der Waals surface area contributed by atoms with E-state index in [4.69, 9.17) is 5.26 Å². The number of rotatable bonds is 4. The van der Waals surface area contributed by atoms with Crippen LogP contribution in [-0.4, -0.2) is 16.5 Å². The van der Waals surface area contributed by atoms with Crippen molar-refractivity contribution in [3.05, 3.63) is 27.9 Å². The number of nitriles is 1. The first-order valence-corrected chi connectivity index (χ1v) is 6.40. The van der Waals surface area contributed by atoms with Crippen molar-refractivity contribution in [1.82, 2.24) is 4.98 Å². The van der Waals surface area contributed by atoms with Crippen molar-refractivity contribution in [3.8, 4) is 6.07 Å². The summed E-state index contributed by atoms with van der Waals surface area (Å²) < 4.78 is 0. The van der Waals surface area contributed by atoms with Gasteiger partial charge in [-0.1, -0.05) is 19.8 Å². The minimum atomic E-state index is -0.545. The standard InChI is InChI=1S/C13H16N4O2/c1-9-3-2-4-10(9)7-15-13-11(6-14)5-12(8-16-13)17(18)19/h5,8-10H,2-4,7H2,1H3,(H,15,16). The molecule has 2 rings (SSSR count). The highest BCUT2D eigenvalue weighted by molar-refractivity contribution is 5.55. The van der Waals surface area contributed by atoms with Crippen LogP contribution in [0, 0.1) is 33.3 Å². The number of nitrogens with one attached hydrogen (secondary N) is 1. The normalized spacial score (nSPS) is 21.9. The Bertz CT molecular complexity index is 524. The van der Waals surface area contributed by atoms with Gasteiger partial charge in [0.2, 0.25) is 0 Å². The van der Waals surface area contributed by atoms with Crippen molar-refractivity contribution < 1.29 is 4.92 Å². The molecule has 0 aliphatic heterocycles. The van der Waals surface area contributed by atoms with Crippen LogP contribution >= 0.6 is 0 Å². The third-order valence-electron chi connectivity index (χ3n) is 3.78. The van der Waals surface area contributed by atoms with E-state index in [1.54, 1.807) is 0 Å². The van der Waals surface area contributed by atoms with Crippen LogP contribution in [0.2, 0.25) is 0 Å². The van der Waals surface area contributed by atoms with Gasteiger partial charge in [-0.3, -0.25) is 10.1 Å². The zero-order valence-corrected chi connectivity index (χ0v) is 10.8. The van der Waals surface area contributed by atoms with Gasteiger partial charge in [-0.25, -0.2) is 4.98 Å². The zero-order valence-electron chi connectivity index (χ0n) is 10.8. The topological polar surface area (TPSA) is 91.8 Å². The summed E-state index contributed by atoms with van der Waals surface area (Å²) >= 11 is 0. The van der Waals surface area contributed by atoms with Crippen LogP contribution in [0.25, 0.3) is 0 Å². The number of anilines is 1. The van der Waals surface area contributed by atoms with Gasteiger partial charge in [0.1, 0.15) is 23.6 Å². The summed E-state index contributed by atoms with van der Waals surface area (Å²) in [5.74, 6) is 1.70. The first-order chi connectivity index (χ1) is 9.11. The van der Waals surface area contributed by atoms with E-state index in [-0.39, 0.29) is 11.3 Å². The van der Waals surface area contributed by atoms with Crippen LogP contribution in [-0.2, 0) is 0 Å². The quantitative estimate of drug-likeness (QED) is 0.663. The number of nitro groups is 1. The van der Waals surface area contributed by atoms with E-state index in [1.807, 2.05) is 6.07 Å². The summed E-state index contributed by atoms with van der Waals surface area (Å²) in [6.45, 7) is 2.99. The summed E-state index contributed by atoms with van der Waals surface area (Å²) in [4.78, 5) is 14.1. The largest absolute Gasteiger partial charge is 0.369 e. The third kappa shape index (κ3) is 2.99. The van der Waals surface area contributed by atoms with Crippen molar-refractivity contribution in [1.29, 1.82) is 5.26 Å². The second kappa shape index (κ2) is 5.65. The molecule has 0 amide bonds. The summed E-state index contributed by atoms with van der Waals surface area (Å²) in [5, 5.41) is 22.8. The second-order valence-electron chi connectivity index (χ2n) is 5.01. The molecule has 2 atom stereocenters. The van der Waals surface area contributed by atoms with E-state index in [0.29, 0.717) is 17.7 Å². The van der Waals surface area contributed by atoms with E-state index in [9.17, 15) is 10.1 Å². The molecule has 1 N–H and O–H groups in total. The molecule has 1 aromatic rings. The Morgan fingerprint density at radius 3 is 3.00 bits per heavy atom. The first-order valence-electron chi connectivity index (χ1n) is 6.40. The molecule has 1 heterocycles. The molecule has 19 heavy (non-hydrogen) atoms. The number of hydrogen-bond donors (Lipinski definition) is 1. The predicted octanol–water partition coefficient (Wildman–Crippen LogP) is 2.71. The second-order valence-corrected chi connectivity index (χ2v) is 5.01. The maximum Gasteiger partial charge on any atom is 0.289 e. The molecule has 0 radical (unpaired) electrons. The van der Waals surface area contributed by atoms with Crippen molar-refractivity contribution >= 4 is 11.5 Å². The number of aromatic nitrogens is 1. The van der Waals surface area contributed by atoms with Gasteiger partial charge in [0.25, 0.3) is 5.69 Å². The van der Waals surface area contributed by atoms with Crippen molar-refractivity contribution in [2.45, 2.75) is 26.2 Å². The van der Waals surface area contributed by atoms with Crippen LogP contribution in [0.4, 0.5) is 11.5 Å². The number of pyridine rings is 1. The lowest BCUT2D eigenvalue weighted by Crippen LogP contribution is -2.17. The van der Waals surface area contributed by atoms with Crippen molar-refractivity contribution in [3.63, 3.8) is 0 Å². The molecule has 0 aromatic carbocycles. The fraction of sp³-hybridized carbons (Fsp3) is 0.538. The van der Waals surface area contributed by atoms with Gasteiger partial charge in [-0.15, -0.1) is 0 Å². The van der Waals surface area contributed by atoms with E-state index < -0.39 is 4.92 Å². The molecule has 2 unspecified atom stereocenters. The highest BCUT2D eigenvalue weighted by Crippen LogP contribution is 2.31. The van der Waals surface area contributed by atoms with E-state index in [2.05, 4.69) is 17.2 Å². The molecular formula is C13H16N4O2. The zero-order chi connectivity index (χ0) is 13.8. The summed E-state index contributed by atoms with van der Waals surface area (Å²) in [5.41, 5.74) is 0.0659. The Balaban J connectivity index is 2.08. The molecule has 6 nitrogen and oxygen atoms in total. The van der Waals surface area contributed by atoms with Crippen molar-refractivity contribution in [2.24, 2.45) is 11.8 Å². The summed E-state index contributed by atoms with van der Waals surface area (Å²) in [6, 6.07) is 3.21. The molecule has 1 aliphatic carbocycles. The Kier molecular flexibility index (Phi) is 3.95. The minimum Gasteiger partial charge on any atom is -0.369 e. The highest BCUT2D eigenvalue weighted by atomic mass is 16.6. The van der Waals surface area contributed by atoms with Gasteiger partial charge in [0, 0.05) is 12.6 Å². The molecular weight excluding hydrogens is 244 g/mol. The smallest absolute Gasteiger partial charge is 0.289 e. The Labute approximate surface area is 111 Å². The molecule has 1 aromatic heterocycles. The lowest BCUT2D eigenvalue weighted by Gasteiger charge is -2.16. The molecule has 0 spiro atoms. The van der Waals surface area contributed by atoms with E-state index >= 15 is 0 Å². The SMILES string of the molecule is CC1CCCC1CNc1ncc([N+](=O)[O-])cc1C#N. The maximum atomic E-state index is 10.6. The average molecular weight is 260 g/mol. The molecule has 0 saturated heterocycles. The molecule has 1 saturated carbocycles. The van der Waals surface area contributed by atoms with Gasteiger partial charge < -0.3 is 5.32 Å². The molecule has 1 fully saturated rings. The maximum absolute atomic E-state index is 10.6. The number of hydrogen-bond acceptors (Lipinski definition) is 5. The third-order valence-corrected chi connectivity index (χ3v) is 3.78. The summed E-state index contributed by atoms with van der Waals surface area (Å²) in [6.07, 6.45) is 4.85. The van der Waals surface area contributed by atoms with Crippen LogP contribution in [0.1, 0.15) is 31.7 Å².